The fraction of sp³-hybridized carbons (Fsp3) is 0.0189. The molecule has 4 heteroatoms. The SMILES string of the molecule is c1ccc(-c2cc(-c3cccc(-c4cccc5c4oc4cc6c(cc45)C4(c5ccccc5Oc5ccccc54)c4ccccc4-6)c3)nc(-c3ccccc3)n2)cc1. The Balaban J connectivity index is 1.05. The summed E-state index contributed by atoms with van der Waals surface area (Å²) >= 11 is 0. The number of nitrogens with zero attached hydrogens (tertiary/aromatic N) is 2. The quantitative estimate of drug-likeness (QED) is 0.181. The van der Waals surface area contributed by atoms with Crippen LogP contribution in [0.1, 0.15) is 22.3 Å². The predicted octanol–water partition coefficient (Wildman–Crippen LogP) is 13.5. The van der Waals surface area contributed by atoms with Crippen LogP contribution in [0, 0.1) is 0 Å². The van der Waals surface area contributed by atoms with Gasteiger partial charge < -0.3 is 9.15 Å². The van der Waals surface area contributed by atoms with Crippen LogP contribution in [0.15, 0.2) is 199 Å². The Hall–Kier alpha value is -7.56. The first kappa shape index (κ1) is 31.8. The molecule has 3 heterocycles. The highest BCUT2D eigenvalue weighted by Crippen LogP contribution is 2.62. The van der Waals surface area contributed by atoms with Gasteiger partial charge in [-0.05, 0) is 64.2 Å². The Kier molecular flexibility index (Phi) is 6.81. The van der Waals surface area contributed by atoms with Crippen molar-refractivity contribution in [1.29, 1.82) is 0 Å². The maximum Gasteiger partial charge on any atom is 0.160 e. The van der Waals surface area contributed by atoms with Gasteiger partial charge in [-0.3, -0.25) is 0 Å². The zero-order chi connectivity index (χ0) is 37.5. The van der Waals surface area contributed by atoms with E-state index >= 15 is 0 Å². The van der Waals surface area contributed by atoms with Gasteiger partial charge >= 0.3 is 0 Å². The largest absolute Gasteiger partial charge is 0.457 e. The number of benzene rings is 8. The van der Waals surface area contributed by atoms with Gasteiger partial charge in [-0.2, -0.15) is 0 Å². The summed E-state index contributed by atoms with van der Waals surface area (Å²) in [6.07, 6.45) is 0. The van der Waals surface area contributed by atoms with Crippen LogP contribution in [0.5, 0.6) is 11.5 Å². The smallest absolute Gasteiger partial charge is 0.160 e. The van der Waals surface area contributed by atoms with E-state index in [-0.39, 0.29) is 0 Å². The molecule has 0 unspecified atom stereocenters. The minimum Gasteiger partial charge on any atom is -0.457 e. The summed E-state index contributed by atoms with van der Waals surface area (Å²) in [5.74, 6) is 2.46. The normalized spacial score (nSPS) is 13.2. The standard InChI is InChI=1S/C53H32N2O2/c1-3-15-33(16-4-1)46-32-47(55-52(54-46)34-17-5-2-6-18-34)36-20-13-19-35(29-36)37-22-14-23-39-41-30-45-40(31-50(41)57-51(37)39)38-21-7-8-24-42(38)53(45)43-25-9-11-27-48(43)56-49-28-12-10-26-44(49)53/h1-32H. The monoisotopic (exact) mass is 728 g/mol. The molecule has 1 spiro atoms. The van der Waals surface area contributed by atoms with E-state index in [1.807, 2.05) is 36.4 Å². The summed E-state index contributed by atoms with van der Waals surface area (Å²) in [5, 5.41) is 2.17. The van der Waals surface area contributed by atoms with Crippen LogP contribution in [0.3, 0.4) is 0 Å². The second-order valence-electron chi connectivity index (χ2n) is 14.8. The van der Waals surface area contributed by atoms with Crippen molar-refractivity contribution in [3.8, 4) is 67.7 Å². The van der Waals surface area contributed by atoms with E-state index in [0.29, 0.717) is 5.82 Å². The molecule has 2 aromatic heterocycles. The molecule has 0 fully saturated rings. The molecule has 10 aromatic rings. The Morgan fingerprint density at radius 2 is 0.947 bits per heavy atom. The van der Waals surface area contributed by atoms with E-state index in [0.717, 1.165) is 83.8 Å². The van der Waals surface area contributed by atoms with Crippen LogP contribution in [0.2, 0.25) is 0 Å². The molecule has 4 nitrogen and oxygen atoms in total. The summed E-state index contributed by atoms with van der Waals surface area (Å²) in [5.41, 5.74) is 15.2. The summed E-state index contributed by atoms with van der Waals surface area (Å²) in [7, 11) is 0. The number of hydrogen-bond acceptors (Lipinski definition) is 4. The number of rotatable bonds is 4. The lowest BCUT2D eigenvalue weighted by molar-refractivity contribution is 0.436. The van der Waals surface area contributed by atoms with Gasteiger partial charge in [0.1, 0.15) is 22.7 Å². The summed E-state index contributed by atoms with van der Waals surface area (Å²) in [6.45, 7) is 0. The fourth-order valence-corrected chi connectivity index (χ4v) is 9.28. The Bertz CT molecular complexity index is 3120. The Morgan fingerprint density at radius 3 is 1.70 bits per heavy atom. The highest BCUT2D eigenvalue weighted by molar-refractivity contribution is 6.12. The van der Waals surface area contributed by atoms with Crippen molar-refractivity contribution < 1.29 is 9.15 Å². The molecule has 8 aromatic carbocycles. The maximum absolute atomic E-state index is 6.94. The van der Waals surface area contributed by atoms with Crippen molar-refractivity contribution in [3.63, 3.8) is 0 Å². The minimum atomic E-state index is -0.546. The van der Waals surface area contributed by atoms with E-state index in [4.69, 9.17) is 19.1 Å². The van der Waals surface area contributed by atoms with Gasteiger partial charge in [-0.25, -0.2) is 9.97 Å². The average Bonchev–Trinajstić information content (AvgIpc) is 3.79. The van der Waals surface area contributed by atoms with E-state index in [9.17, 15) is 0 Å². The molecule has 2 aliphatic rings. The number of fused-ring (bicyclic) bond motifs is 12. The second kappa shape index (κ2) is 12.2. The average molecular weight is 729 g/mol. The fourth-order valence-electron chi connectivity index (χ4n) is 9.28. The topological polar surface area (TPSA) is 48.2 Å². The van der Waals surface area contributed by atoms with E-state index in [1.54, 1.807) is 0 Å². The zero-order valence-corrected chi connectivity index (χ0v) is 30.7. The lowest BCUT2D eigenvalue weighted by atomic mass is 9.66. The zero-order valence-electron chi connectivity index (χ0n) is 30.7. The molecular formula is C53H32N2O2. The van der Waals surface area contributed by atoms with Gasteiger partial charge in [-0.15, -0.1) is 0 Å². The van der Waals surface area contributed by atoms with Crippen LogP contribution < -0.4 is 4.74 Å². The molecule has 57 heavy (non-hydrogen) atoms. The first-order valence-electron chi connectivity index (χ1n) is 19.3. The third-order valence-electron chi connectivity index (χ3n) is 11.8. The highest BCUT2D eigenvalue weighted by atomic mass is 16.5. The van der Waals surface area contributed by atoms with E-state index in [1.165, 1.54) is 22.3 Å². The minimum absolute atomic E-state index is 0.546. The first-order valence-corrected chi connectivity index (χ1v) is 19.3. The van der Waals surface area contributed by atoms with Crippen molar-refractivity contribution in [2.75, 3.05) is 0 Å². The lowest BCUT2D eigenvalue weighted by Gasteiger charge is -2.39. The van der Waals surface area contributed by atoms with Gasteiger partial charge in [0, 0.05) is 44.2 Å². The Labute approximate surface area is 329 Å². The van der Waals surface area contributed by atoms with E-state index in [2.05, 4.69) is 158 Å². The van der Waals surface area contributed by atoms with Crippen molar-refractivity contribution in [2.24, 2.45) is 0 Å². The van der Waals surface area contributed by atoms with Gasteiger partial charge in [0.25, 0.3) is 0 Å². The van der Waals surface area contributed by atoms with Crippen molar-refractivity contribution >= 4 is 21.9 Å². The molecule has 0 saturated heterocycles. The van der Waals surface area contributed by atoms with Crippen molar-refractivity contribution in [2.45, 2.75) is 5.41 Å². The molecule has 0 saturated carbocycles. The number of furan rings is 1. The summed E-state index contributed by atoms with van der Waals surface area (Å²) < 4.78 is 13.5. The predicted molar refractivity (Wildman–Crippen MR) is 228 cm³/mol. The van der Waals surface area contributed by atoms with Crippen molar-refractivity contribution in [1.82, 2.24) is 9.97 Å². The third-order valence-corrected chi connectivity index (χ3v) is 11.8. The molecule has 266 valence electrons. The van der Waals surface area contributed by atoms with E-state index < -0.39 is 5.41 Å². The molecule has 1 aliphatic heterocycles. The molecular weight excluding hydrogens is 697 g/mol. The second-order valence-corrected chi connectivity index (χ2v) is 14.8. The van der Waals surface area contributed by atoms with Crippen LogP contribution >= 0.6 is 0 Å². The van der Waals surface area contributed by atoms with Gasteiger partial charge in [-0.1, -0.05) is 158 Å². The van der Waals surface area contributed by atoms with Crippen LogP contribution in [0.25, 0.3) is 78.1 Å². The number of ether oxygens (including phenoxy) is 1. The molecule has 0 bridgehead atoms. The van der Waals surface area contributed by atoms with Gasteiger partial charge in [0.2, 0.25) is 0 Å². The molecule has 1 aliphatic carbocycles. The highest BCUT2D eigenvalue weighted by Gasteiger charge is 2.51. The summed E-state index contributed by atoms with van der Waals surface area (Å²) in [6, 6.07) is 68.1. The van der Waals surface area contributed by atoms with Crippen LogP contribution in [-0.4, -0.2) is 9.97 Å². The maximum atomic E-state index is 6.94. The van der Waals surface area contributed by atoms with Crippen LogP contribution in [0.4, 0.5) is 0 Å². The number of para-hydroxylation sites is 3. The Morgan fingerprint density at radius 1 is 0.368 bits per heavy atom. The first-order chi connectivity index (χ1) is 28.2. The summed E-state index contributed by atoms with van der Waals surface area (Å²) in [4.78, 5) is 10.1. The van der Waals surface area contributed by atoms with Crippen LogP contribution in [-0.2, 0) is 5.41 Å². The third kappa shape index (κ3) is 4.68. The lowest BCUT2D eigenvalue weighted by Crippen LogP contribution is -2.32. The molecule has 0 N–H and O–H groups in total. The number of hydrogen-bond donors (Lipinski definition) is 0. The number of aromatic nitrogens is 2. The molecule has 0 atom stereocenters. The molecule has 0 radical (unpaired) electrons. The molecule has 12 rings (SSSR count). The van der Waals surface area contributed by atoms with Crippen molar-refractivity contribution in [3.05, 3.63) is 216 Å². The van der Waals surface area contributed by atoms with Gasteiger partial charge in [0.05, 0.1) is 16.8 Å². The molecule has 0 amide bonds. The van der Waals surface area contributed by atoms with Gasteiger partial charge in [0.15, 0.2) is 5.82 Å².